The molecule has 0 aliphatic heterocycles. The molecule has 0 bridgehead atoms. The van der Waals surface area contributed by atoms with Crippen LogP contribution in [0.2, 0.25) is 0 Å². The number of halogens is 3. The molecule has 1 aliphatic rings. The number of thiazole rings is 1. The average molecular weight is 262 g/mol. The Kier molecular flexibility index (Phi) is 3.37. The van der Waals surface area contributed by atoms with Crippen molar-refractivity contribution in [2.24, 2.45) is 0 Å². The molecule has 0 aromatic carbocycles. The van der Waals surface area contributed by atoms with E-state index < -0.39 is 12.4 Å². The minimum Gasteiger partial charge on any atom is -0.436 e. The number of allylic oxidation sites excluding steroid dienone is 4. The first-order valence-electron chi connectivity index (χ1n) is 4.81. The lowest BCUT2D eigenvalue weighted by molar-refractivity contribution is -0.100. The third kappa shape index (κ3) is 2.79. The number of nitrogens with zero attached hydrogens (tertiary/aromatic N) is 1. The Hall–Kier alpha value is -1.50. The van der Waals surface area contributed by atoms with Crippen molar-refractivity contribution >= 4 is 22.0 Å². The van der Waals surface area contributed by atoms with Crippen LogP contribution < -0.4 is 5.73 Å². The van der Waals surface area contributed by atoms with E-state index >= 15 is 0 Å². The molecule has 3 nitrogen and oxygen atoms in total. The van der Waals surface area contributed by atoms with E-state index in [1.54, 1.807) is 5.38 Å². The Labute approximate surface area is 99.4 Å². The number of alkyl halides is 2. The van der Waals surface area contributed by atoms with Gasteiger partial charge in [-0.25, -0.2) is 9.37 Å². The maximum Gasteiger partial charge on any atom is 0.387 e. The number of nitrogens with two attached hydrogens (primary N) is 1. The highest BCUT2D eigenvalue weighted by Crippen LogP contribution is 2.33. The first-order chi connectivity index (χ1) is 8.06. The monoisotopic (exact) mass is 262 g/mol. The van der Waals surface area contributed by atoms with E-state index in [9.17, 15) is 13.2 Å². The average Bonchev–Trinajstić information content (AvgIpc) is 2.67. The van der Waals surface area contributed by atoms with Crippen LogP contribution >= 0.6 is 11.3 Å². The summed E-state index contributed by atoms with van der Waals surface area (Å²) >= 11 is 1.25. The van der Waals surface area contributed by atoms with Gasteiger partial charge in [0.25, 0.3) is 0 Å². The van der Waals surface area contributed by atoms with Gasteiger partial charge in [-0.15, -0.1) is 11.3 Å². The van der Waals surface area contributed by atoms with Crippen molar-refractivity contribution in [3.8, 4) is 0 Å². The van der Waals surface area contributed by atoms with Gasteiger partial charge in [-0.1, -0.05) is 0 Å². The van der Waals surface area contributed by atoms with Gasteiger partial charge in [-0.3, -0.25) is 0 Å². The van der Waals surface area contributed by atoms with Crippen LogP contribution in [0.1, 0.15) is 18.5 Å². The maximum absolute atomic E-state index is 13.4. The van der Waals surface area contributed by atoms with E-state index in [0.717, 1.165) is 6.08 Å². The van der Waals surface area contributed by atoms with Crippen molar-refractivity contribution in [1.82, 2.24) is 4.98 Å². The summed E-state index contributed by atoms with van der Waals surface area (Å²) in [6.45, 7) is -3.00. The van der Waals surface area contributed by atoms with Gasteiger partial charge in [0, 0.05) is 11.8 Å². The molecule has 7 heteroatoms. The molecule has 92 valence electrons. The zero-order valence-electron chi connectivity index (χ0n) is 8.62. The van der Waals surface area contributed by atoms with Crippen molar-refractivity contribution in [2.45, 2.75) is 19.5 Å². The smallest absolute Gasteiger partial charge is 0.387 e. The predicted molar refractivity (Wildman–Crippen MR) is 59.0 cm³/mol. The molecule has 2 N–H and O–H groups in total. The van der Waals surface area contributed by atoms with Crippen LogP contribution in [0.25, 0.3) is 5.57 Å². The number of ether oxygens (including phenoxy) is 1. The molecule has 0 radical (unpaired) electrons. The molecule has 0 spiro atoms. The molecule has 2 rings (SSSR count). The third-order valence-corrected chi connectivity index (χ3v) is 2.94. The van der Waals surface area contributed by atoms with Crippen molar-refractivity contribution in [3.63, 3.8) is 0 Å². The highest BCUT2D eigenvalue weighted by molar-refractivity contribution is 7.13. The summed E-state index contributed by atoms with van der Waals surface area (Å²) in [6.07, 6.45) is 1.66. The summed E-state index contributed by atoms with van der Waals surface area (Å²) in [6, 6.07) is 0. The lowest BCUT2D eigenvalue weighted by atomic mass is 10.0. The van der Waals surface area contributed by atoms with Crippen LogP contribution in [0.5, 0.6) is 0 Å². The predicted octanol–water partition coefficient (Wildman–Crippen LogP) is 3.32. The van der Waals surface area contributed by atoms with Gasteiger partial charge < -0.3 is 10.5 Å². The van der Waals surface area contributed by atoms with E-state index in [0.29, 0.717) is 22.8 Å². The van der Waals surface area contributed by atoms with Gasteiger partial charge in [0.1, 0.15) is 5.76 Å². The second-order valence-electron chi connectivity index (χ2n) is 3.39. The molecule has 0 saturated heterocycles. The van der Waals surface area contributed by atoms with Crippen LogP contribution in [-0.4, -0.2) is 11.6 Å². The Morgan fingerprint density at radius 1 is 1.41 bits per heavy atom. The van der Waals surface area contributed by atoms with Gasteiger partial charge in [0.05, 0.1) is 5.69 Å². The Balaban J connectivity index is 2.21. The molecule has 1 aliphatic carbocycles. The first-order valence-corrected chi connectivity index (χ1v) is 5.69. The molecule has 0 saturated carbocycles. The summed E-state index contributed by atoms with van der Waals surface area (Å²) in [5.41, 5.74) is 6.68. The fourth-order valence-corrected chi connectivity index (χ4v) is 2.12. The Morgan fingerprint density at radius 3 is 2.71 bits per heavy atom. The summed E-state index contributed by atoms with van der Waals surface area (Å²) in [5, 5.41) is 2.09. The van der Waals surface area contributed by atoms with Crippen LogP contribution in [0.15, 0.2) is 23.0 Å². The second-order valence-corrected chi connectivity index (χ2v) is 4.28. The molecular weight excluding hydrogens is 253 g/mol. The quantitative estimate of drug-likeness (QED) is 0.909. The number of hydrogen-bond acceptors (Lipinski definition) is 4. The molecule has 0 amide bonds. The Morgan fingerprint density at radius 2 is 2.18 bits per heavy atom. The van der Waals surface area contributed by atoms with Crippen LogP contribution in [0, 0.1) is 0 Å². The Bertz CT molecular complexity index is 482. The van der Waals surface area contributed by atoms with Gasteiger partial charge in [-0.05, 0) is 18.1 Å². The summed E-state index contributed by atoms with van der Waals surface area (Å²) in [7, 11) is 0. The number of aromatic nitrogens is 1. The molecule has 0 fully saturated rings. The second kappa shape index (κ2) is 4.79. The van der Waals surface area contributed by atoms with Crippen molar-refractivity contribution in [1.29, 1.82) is 0 Å². The van der Waals surface area contributed by atoms with E-state index in [1.165, 1.54) is 11.3 Å². The molecule has 1 aromatic heterocycles. The van der Waals surface area contributed by atoms with Gasteiger partial charge in [-0.2, -0.15) is 8.78 Å². The minimum absolute atomic E-state index is 0.0967. The maximum atomic E-state index is 13.4. The van der Waals surface area contributed by atoms with Crippen molar-refractivity contribution < 1.29 is 17.9 Å². The fourth-order valence-electron chi connectivity index (χ4n) is 1.53. The SMILES string of the molecule is Nc1nc(C2=CC(F)=C(OC(F)F)CC2)cs1. The summed E-state index contributed by atoms with van der Waals surface area (Å²) in [4.78, 5) is 4.00. The molecular formula is C10H9F3N2OS. The van der Waals surface area contributed by atoms with Gasteiger partial charge in [0.2, 0.25) is 0 Å². The lowest BCUT2D eigenvalue weighted by Gasteiger charge is -2.15. The van der Waals surface area contributed by atoms with E-state index in [4.69, 9.17) is 5.73 Å². The van der Waals surface area contributed by atoms with Crippen molar-refractivity contribution in [2.75, 3.05) is 5.73 Å². The van der Waals surface area contributed by atoms with E-state index in [2.05, 4.69) is 9.72 Å². The molecule has 1 aromatic rings. The molecule has 0 unspecified atom stereocenters. The zero-order chi connectivity index (χ0) is 12.4. The fraction of sp³-hybridized carbons (Fsp3) is 0.300. The van der Waals surface area contributed by atoms with Crippen LogP contribution in [0.4, 0.5) is 18.3 Å². The zero-order valence-corrected chi connectivity index (χ0v) is 9.44. The number of anilines is 1. The first kappa shape index (κ1) is 12.0. The van der Waals surface area contributed by atoms with Crippen molar-refractivity contribution in [3.05, 3.63) is 28.7 Å². The number of hydrogen-bond donors (Lipinski definition) is 1. The lowest BCUT2D eigenvalue weighted by Crippen LogP contribution is -2.05. The normalized spacial score (nSPS) is 16.4. The minimum atomic E-state index is -3.00. The summed E-state index contributed by atoms with van der Waals surface area (Å²) < 4.78 is 41.4. The molecule has 1 heterocycles. The number of rotatable bonds is 3. The highest BCUT2D eigenvalue weighted by atomic mass is 32.1. The summed E-state index contributed by atoms with van der Waals surface area (Å²) in [5.74, 6) is -1.09. The third-order valence-electron chi connectivity index (χ3n) is 2.27. The highest BCUT2D eigenvalue weighted by Gasteiger charge is 2.19. The molecule has 0 atom stereocenters. The van der Waals surface area contributed by atoms with E-state index in [1.807, 2.05) is 0 Å². The van der Waals surface area contributed by atoms with Gasteiger partial charge >= 0.3 is 6.61 Å². The van der Waals surface area contributed by atoms with Crippen LogP contribution in [0.3, 0.4) is 0 Å². The van der Waals surface area contributed by atoms with E-state index in [-0.39, 0.29) is 12.2 Å². The van der Waals surface area contributed by atoms with Crippen LogP contribution in [-0.2, 0) is 4.74 Å². The topological polar surface area (TPSA) is 48.1 Å². The largest absolute Gasteiger partial charge is 0.436 e. The standard InChI is InChI=1S/C10H9F3N2OS/c11-6-3-5(7-4-17-10(14)15-7)1-2-8(6)16-9(12)13/h3-4,9H,1-2H2,(H2,14,15). The molecule has 17 heavy (non-hydrogen) atoms. The number of nitrogen functional groups attached to an aromatic ring is 1. The van der Waals surface area contributed by atoms with Gasteiger partial charge in [0.15, 0.2) is 11.0 Å².